The van der Waals surface area contributed by atoms with Gasteiger partial charge < -0.3 is 14.8 Å². The van der Waals surface area contributed by atoms with Gasteiger partial charge in [-0.25, -0.2) is 0 Å². The Hall–Kier alpha value is -0.120. The first-order chi connectivity index (χ1) is 7.70. The Balaban J connectivity index is 4.44. The molecule has 0 aromatic rings. The van der Waals surface area contributed by atoms with Crippen LogP contribution in [0.3, 0.4) is 0 Å². The molecule has 0 rings (SSSR count). The molecule has 1 N–H and O–H groups in total. The Kier molecular flexibility index (Phi) is 8.90. The maximum absolute atomic E-state index is 5.78. The van der Waals surface area contributed by atoms with Crippen molar-refractivity contribution in [3.05, 3.63) is 0 Å². The van der Waals surface area contributed by atoms with Crippen molar-refractivity contribution in [2.24, 2.45) is 0 Å². The predicted molar refractivity (Wildman–Crippen MR) is 68.9 cm³/mol. The second kappa shape index (κ2) is 8.97. The van der Waals surface area contributed by atoms with Crippen LogP contribution in [0.4, 0.5) is 0 Å². The maximum atomic E-state index is 5.78. The topological polar surface area (TPSA) is 30.5 Å². The van der Waals surface area contributed by atoms with Crippen molar-refractivity contribution in [1.82, 2.24) is 5.32 Å². The summed E-state index contributed by atoms with van der Waals surface area (Å²) in [4.78, 5) is 0. The smallest absolute Gasteiger partial charge is 0.0825 e. The molecule has 3 heteroatoms. The molecule has 0 saturated heterocycles. The van der Waals surface area contributed by atoms with E-state index in [0.717, 1.165) is 38.8 Å². The fourth-order valence-corrected chi connectivity index (χ4v) is 2.40. The molecule has 16 heavy (non-hydrogen) atoms. The van der Waals surface area contributed by atoms with Gasteiger partial charge in [0.25, 0.3) is 0 Å². The van der Waals surface area contributed by atoms with Gasteiger partial charge in [0.1, 0.15) is 0 Å². The van der Waals surface area contributed by atoms with Crippen molar-refractivity contribution in [2.45, 2.75) is 58.1 Å². The normalized spacial score (nSPS) is 14.1. The van der Waals surface area contributed by atoms with Gasteiger partial charge in [-0.15, -0.1) is 0 Å². The van der Waals surface area contributed by atoms with Crippen LogP contribution in [0.5, 0.6) is 0 Å². The average Bonchev–Trinajstić information content (AvgIpc) is 2.32. The van der Waals surface area contributed by atoms with Gasteiger partial charge in [0, 0.05) is 26.9 Å². The molecule has 1 atom stereocenters. The zero-order valence-electron chi connectivity index (χ0n) is 11.6. The van der Waals surface area contributed by atoms with Crippen molar-refractivity contribution in [1.29, 1.82) is 0 Å². The molecular weight excluding hydrogens is 202 g/mol. The van der Waals surface area contributed by atoms with Crippen molar-refractivity contribution in [3.63, 3.8) is 0 Å². The minimum absolute atomic E-state index is 0.0241. The van der Waals surface area contributed by atoms with Gasteiger partial charge in [-0.05, 0) is 32.2 Å². The standard InChI is InChI=1S/C13H29NO2/c1-6-13(7-2,16-5)12(14-8-3)10-9-11-15-4/h12,14H,6-11H2,1-5H3. The minimum atomic E-state index is -0.0241. The van der Waals surface area contributed by atoms with Gasteiger partial charge >= 0.3 is 0 Å². The summed E-state index contributed by atoms with van der Waals surface area (Å²) in [7, 11) is 3.58. The molecule has 0 heterocycles. The Labute approximate surface area is 101 Å². The van der Waals surface area contributed by atoms with Crippen LogP contribution in [0.1, 0.15) is 46.5 Å². The third-order valence-electron chi connectivity index (χ3n) is 3.53. The fourth-order valence-electron chi connectivity index (χ4n) is 2.40. The number of methoxy groups -OCH3 is 2. The molecule has 0 saturated carbocycles. The number of nitrogens with one attached hydrogen (secondary N) is 1. The monoisotopic (exact) mass is 231 g/mol. The number of likely N-dealkylation sites (N-methyl/N-ethyl adjacent to an activating group) is 1. The van der Waals surface area contributed by atoms with Gasteiger partial charge in [0.15, 0.2) is 0 Å². The Morgan fingerprint density at radius 2 is 1.75 bits per heavy atom. The third kappa shape index (κ3) is 4.40. The largest absolute Gasteiger partial charge is 0.385 e. The Morgan fingerprint density at radius 1 is 1.12 bits per heavy atom. The molecule has 0 spiro atoms. The average molecular weight is 231 g/mol. The number of hydrogen-bond acceptors (Lipinski definition) is 3. The molecular formula is C13H29NO2. The molecule has 0 radical (unpaired) electrons. The van der Waals surface area contributed by atoms with Gasteiger partial charge in [-0.3, -0.25) is 0 Å². The molecule has 0 amide bonds. The number of hydrogen-bond donors (Lipinski definition) is 1. The highest BCUT2D eigenvalue weighted by atomic mass is 16.5. The van der Waals surface area contributed by atoms with Crippen molar-refractivity contribution < 1.29 is 9.47 Å². The predicted octanol–water partition coefficient (Wildman–Crippen LogP) is 2.60. The van der Waals surface area contributed by atoms with Crippen molar-refractivity contribution in [3.8, 4) is 0 Å². The van der Waals surface area contributed by atoms with E-state index in [9.17, 15) is 0 Å². The quantitative estimate of drug-likeness (QED) is 0.586. The highest BCUT2D eigenvalue weighted by Crippen LogP contribution is 2.26. The number of ether oxygens (including phenoxy) is 2. The zero-order valence-corrected chi connectivity index (χ0v) is 11.6. The van der Waals surface area contributed by atoms with Crippen molar-refractivity contribution in [2.75, 3.05) is 27.4 Å². The van der Waals surface area contributed by atoms with Crippen LogP contribution in [-0.4, -0.2) is 39.0 Å². The van der Waals surface area contributed by atoms with E-state index >= 15 is 0 Å². The van der Waals surface area contributed by atoms with Crippen LogP contribution in [0.15, 0.2) is 0 Å². The molecule has 0 bridgehead atoms. The van der Waals surface area contributed by atoms with Crippen LogP contribution in [0.25, 0.3) is 0 Å². The van der Waals surface area contributed by atoms with Crippen LogP contribution in [-0.2, 0) is 9.47 Å². The molecule has 0 aliphatic carbocycles. The van der Waals surface area contributed by atoms with E-state index < -0.39 is 0 Å². The van der Waals surface area contributed by atoms with E-state index in [-0.39, 0.29) is 5.60 Å². The first-order valence-corrected chi connectivity index (χ1v) is 6.48. The molecule has 3 nitrogen and oxygen atoms in total. The van der Waals surface area contributed by atoms with Crippen LogP contribution in [0.2, 0.25) is 0 Å². The summed E-state index contributed by atoms with van der Waals surface area (Å²) in [6.45, 7) is 8.37. The summed E-state index contributed by atoms with van der Waals surface area (Å²) in [6.07, 6.45) is 4.28. The molecule has 0 fully saturated rings. The second-order valence-electron chi connectivity index (χ2n) is 4.22. The lowest BCUT2D eigenvalue weighted by Gasteiger charge is -2.39. The van der Waals surface area contributed by atoms with Crippen LogP contribution in [0, 0.1) is 0 Å². The zero-order chi connectivity index (χ0) is 12.4. The first-order valence-electron chi connectivity index (χ1n) is 6.48. The summed E-state index contributed by atoms with van der Waals surface area (Å²) in [5.41, 5.74) is -0.0241. The second-order valence-corrected chi connectivity index (χ2v) is 4.22. The van der Waals surface area contributed by atoms with Gasteiger partial charge in [-0.1, -0.05) is 20.8 Å². The lowest BCUT2D eigenvalue weighted by atomic mass is 9.85. The first kappa shape index (κ1) is 15.9. The van der Waals surface area contributed by atoms with E-state index in [1.807, 2.05) is 7.11 Å². The van der Waals surface area contributed by atoms with E-state index in [1.54, 1.807) is 7.11 Å². The van der Waals surface area contributed by atoms with E-state index in [1.165, 1.54) is 0 Å². The molecule has 0 aromatic carbocycles. The molecule has 0 aliphatic heterocycles. The minimum Gasteiger partial charge on any atom is -0.385 e. The van der Waals surface area contributed by atoms with Crippen LogP contribution >= 0.6 is 0 Å². The summed E-state index contributed by atoms with van der Waals surface area (Å²) >= 11 is 0. The van der Waals surface area contributed by atoms with E-state index in [0.29, 0.717) is 6.04 Å². The molecule has 98 valence electrons. The third-order valence-corrected chi connectivity index (χ3v) is 3.53. The summed E-state index contributed by atoms with van der Waals surface area (Å²) in [6, 6.07) is 0.424. The summed E-state index contributed by atoms with van der Waals surface area (Å²) in [5.74, 6) is 0. The fraction of sp³-hybridized carbons (Fsp3) is 1.00. The number of rotatable bonds is 10. The van der Waals surface area contributed by atoms with E-state index in [2.05, 4.69) is 26.1 Å². The van der Waals surface area contributed by atoms with Crippen molar-refractivity contribution >= 4 is 0 Å². The highest BCUT2D eigenvalue weighted by molar-refractivity contribution is 4.91. The van der Waals surface area contributed by atoms with E-state index in [4.69, 9.17) is 9.47 Å². The lowest BCUT2D eigenvalue weighted by Crippen LogP contribution is -2.51. The molecule has 0 aliphatic rings. The maximum Gasteiger partial charge on any atom is 0.0825 e. The SMILES string of the molecule is CCNC(CCCOC)C(CC)(CC)OC. The Morgan fingerprint density at radius 3 is 2.12 bits per heavy atom. The highest BCUT2D eigenvalue weighted by Gasteiger charge is 2.34. The van der Waals surface area contributed by atoms with Gasteiger partial charge in [-0.2, -0.15) is 0 Å². The lowest BCUT2D eigenvalue weighted by molar-refractivity contribution is -0.0504. The summed E-state index contributed by atoms with van der Waals surface area (Å²) in [5, 5.41) is 3.55. The molecule has 0 aromatic heterocycles. The van der Waals surface area contributed by atoms with Crippen LogP contribution < -0.4 is 5.32 Å². The summed E-state index contributed by atoms with van der Waals surface area (Å²) < 4.78 is 10.9. The Bertz CT molecular complexity index is 150. The molecule has 1 unspecified atom stereocenters. The van der Waals surface area contributed by atoms with Gasteiger partial charge in [0.2, 0.25) is 0 Å². The van der Waals surface area contributed by atoms with Gasteiger partial charge in [0.05, 0.1) is 5.60 Å².